The summed E-state index contributed by atoms with van der Waals surface area (Å²) in [6.07, 6.45) is 1.05. The maximum atomic E-state index is 4.43. The molecule has 0 atom stereocenters. The molecule has 0 radical (unpaired) electrons. The first kappa shape index (κ1) is 35.0. The smallest absolute Gasteiger partial charge is 1.00 e. The first-order valence-electron chi connectivity index (χ1n) is 14.8. The predicted molar refractivity (Wildman–Crippen MR) is 174 cm³/mol. The molecule has 42 heavy (non-hydrogen) atoms. The third-order valence-electron chi connectivity index (χ3n) is 8.08. The summed E-state index contributed by atoms with van der Waals surface area (Å²) in [5.74, 6) is -1.58. The molecule has 1 aliphatic rings. The number of halogens is 2. The summed E-state index contributed by atoms with van der Waals surface area (Å²) in [6, 6.07) is 35.2. The molecule has 5 heteroatoms. The Kier molecular flexibility index (Phi) is 11.0. The van der Waals surface area contributed by atoms with E-state index in [1.54, 1.807) is 24.8 Å². The molecule has 0 unspecified atom stereocenters. The molecule has 1 N–H and O–H groups in total. The van der Waals surface area contributed by atoms with Gasteiger partial charge < -0.3 is 24.8 Å². The molecule has 0 bridgehead atoms. The van der Waals surface area contributed by atoms with Crippen molar-refractivity contribution in [3.05, 3.63) is 113 Å². The SMILES string of the molecule is CC(C)(C)[NH][Zr+2]([c]1c(C(C)(C)C)ccc2c1Cc1cc(C(C)(C)C)ccc1-2)[SiH](c1ccccc1)c1ccccc1.[Cl-].[Cl-]. The summed E-state index contributed by atoms with van der Waals surface area (Å²) in [4.78, 5) is 0. The van der Waals surface area contributed by atoms with Crippen molar-refractivity contribution in [3.63, 3.8) is 0 Å². The van der Waals surface area contributed by atoms with E-state index < -0.39 is 27.1 Å². The Hall–Kier alpha value is -1.48. The molecule has 0 saturated carbocycles. The molecule has 5 rings (SSSR count). The average Bonchev–Trinajstić information content (AvgIpc) is 3.25. The summed E-state index contributed by atoms with van der Waals surface area (Å²) >= 11 is -2.59. The van der Waals surface area contributed by atoms with Gasteiger partial charge in [0.25, 0.3) is 0 Å². The molecule has 0 saturated heterocycles. The molecule has 4 aromatic carbocycles. The molecular weight excluding hydrogens is 649 g/mol. The number of fused-ring (bicyclic) bond motifs is 3. The van der Waals surface area contributed by atoms with Gasteiger partial charge >= 0.3 is 254 Å². The van der Waals surface area contributed by atoms with E-state index >= 15 is 0 Å². The van der Waals surface area contributed by atoms with Crippen LogP contribution in [0.4, 0.5) is 0 Å². The number of hydrogen-bond donors (Lipinski definition) is 1. The van der Waals surface area contributed by atoms with E-state index in [-0.39, 0.29) is 41.2 Å². The van der Waals surface area contributed by atoms with Gasteiger partial charge in [0.15, 0.2) is 0 Å². The summed E-state index contributed by atoms with van der Waals surface area (Å²) < 4.78 is 6.17. The minimum Gasteiger partial charge on any atom is -1.00 e. The molecule has 4 aromatic rings. The summed E-state index contributed by atoms with van der Waals surface area (Å²) in [5.41, 5.74) is 9.31. The van der Waals surface area contributed by atoms with Crippen molar-refractivity contribution >= 4 is 19.6 Å². The van der Waals surface area contributed by atoms with Gasteiger partial charge in [-0.15, -0.1) is 0 Å². The molecule has 1 nitrogen and oxygen atoms in total. The largest absolute Gasteiger partial charge is 1.00 e. The average molecular weight is 695 g/mol. The van der Waals surface area contributed by atoms with Crippen molar-refractivity contribution < 1.29 is 46.0 Å². The van der Waals surface area contributed by atoms with Crippen LogP contribution in [0.5, 0.6) is 0 Å². The Bertz CT molecular complexity index is 1460. The van der Waals surface area contributed by atoms with Gasteiger partial charge in [-0.2, -0.15) is 0 Å². The number of benzene rings is 4. The van der Waals surface area contributed by atoms with E-state index in [0.717, 1.165) is 6.42 Å². The standard InChI is InChI=1S/C21H25.C12H11Si.C4H10N.2ClH.Zr/c1-20(2,3)16-7-9-18-14(12-16)11-15-13-17(21(4,5)6)8-10-19(15)18;1-3-7-11(8-4-1)13-12-9-5-2-6-10-12;1-4(2,3)5;;;/h7-10,12H,11H2,1-6H3;1-10,13H;5H,1-3H3;2*1H;/q;;-1;;;+3/p-2. The van der Waals surface area contributed by atoms with Crippen LogP contribution >= 0.6 is 0 Å². The third kappa shape index (κ3) is 7.41. The molecule has 1 aliphatic carbocycles. The first-order valence-corrected chi connectivity index (χ1v) is 23.2. The zero-order valence-corrected chi connectivity index (χ0v) is 31.8. The van der Waals surface area contributed by atoms with Gasteiger partial charge in [0, 0.05) is 0 Å². The van der Waals surface area contributed by atoms with Gasteiger partial charge in [-0.1, -0.05) is 0 Å². The first-order chi connectivity index (χ1) is 18.7. The minimum atomic E-state index is -2.59. The van der Waals surface area contributed by atoms with Crippen molar-refractivity contribution in [1.82, 2.24) is 3.26 Å². The molecule has 0 fully saturated rings. The Labute approximate surface area is 276 Å². The maximum absolute atomic E-state index is 4.43. The third-order valence-corrected chi connectivity index (χ3v) is 27.7. The van der Waals surface area contributed by atoms with Crippen LogP contribution in [0.15, 0.2) is 91.0 Å². The second-order valence-electron chi connectivity index (χ2n) is 14.6. The van der Waals surface area contributed by atoms with E-state index in [2.05, 4.69) is 157 Å². The van der Waals surface area contributed by atoms with Crippen LogP contribution in [-0.2, 0) is 38.5 Å². The van der Waals surface area contributed by atoms with E-state index in [1.807, 2.05) is 0 Å². The zero-order chi connectivity index (χ0) is 28.9. The van der Waals surface area contributed by atoms with Crippen LogP contribution in [0.3, 0.4) is 0 Å². The monoisotopic (exact) mass is 692 g/mol. The molecule has 0 heterocycles. The van der Waals surface area contributed by atoms with Gasteiger partial charge in [-0.25, -0.2) is 0 Å². The fourth-order valence-corrected chi connectivity index (χ4v) is 29.8. The minimum absolute atomic E-state index is 0. The predicted octanol–water partition coefficient (Wildman–Crippen LogP) is 0.946. The maximum Gasteiger partial charge on any atom is -1.00 e. The fourth-order valence-electron chi connectivity index (χ4n) is 6.18. The number of rotatable bonds is 5. The van der Waals surface area contributed by atoms with Gasteiger partial charge in [-0.3, -0.25) is 0 Å². The summed E-state index contributed by atoms with van der Waals surface area (Å²) in [7, 11) is 0. The van der Waals surface area contributed by atoms with Crippen LogP contribution in [0, 0.1) is 0 Å². The Morgan fingerprint density at radius 1 is 0.619 bits per heavy atom. The van der Waals surface area contributed by atoms with Crippen LogP contribution in [-0.4, -0.2) is 11.5 Å². The van der Waals surface area contributed by atoms with Gasteiger partial charge in [0.2, 0.25) is 0 Å². The van der Waals surface area contributed by atoms with Crippen molar-refractivity contribution in [2.24, 2.45) is 0 Å². The molecule has 0 aliphatic heterocycles. The van der Waals surface area contributed by atoms with Crippen molar-refractivity contribution in [3.8, 4) is 11.1 Å². The zero-order valence-electron chi connectivity index (χ0n) is 26.7. The van der Waals surface area contributed by atoms with Crippen LogP contribution in [0.25, 0.3) is 11.1 Å². The number of nitrogens with one attached hydrogen (secondary N) is 1. The van der Waals surface area contributed by atoms with E-state index in [1.165, 1.54) is 22.3 Å². The quantitative estimate of drug-likeness (QED) is 0.271. The normalized spacial score (nSPS) is 12.7. The summed E-state index contributed by atoms with van der Waals surface area (Å²) in [6.45, 7) is 21.4. The Morgan fingerprint density at radius 3 is 1.62 bits per heavy atom. The van der Waals surface area contributed by atoms with E-state index in [4.69, 9.17) is 0 Å². The van der Waals surface area contributed by atoms with Crippen LogP contribution in [0.2, 0.25) is 0 Å². The molecular formula is C37H46Cl2NSiZr. The Morgan fingerprint density at radius 2 is 1.14 bits per heavy atom. The van der Waals surface area contributed by atoms with Crippen LogP contribution in [0.1, 0.15) is 84.6 Å². The molecule has 0 aromatic heterocycles. The van der Waals surface area contributed by atoms with Crippen LogP contribution < -0.4 is 41.7 Å². The van der Waals surface area contributed by atoms with Gasteiger partial charge in [0.05, 0.1) is 0 Å². The second-order valence-corrected chi connectivity index (χ2v) is 28.4. The second kappa shape index (κ2) is 13.3. The molecule has 0 amide bonds. The van der Waals surface area contributed by atoms with E-state index in [0.29, 0.717) is 0 Å². The fraction of sp³-hybridized carbons (Fsp3) is 0.351. The topological polar surface area (TPSA) is 12.0 Å². The van der Waals surface area contributed by atoms with Crippen molar-refractivity contribution in [1.29, 1.82) is 0 Å². The number of hydrogen-bond acceptors (Lipinski definition) is 1. The van der Waals surface area contributed by atoms with Gasteiger partial charge in [-0.05, 0) is 0 Å². The molecule has 0 spiro atoms. The van der Waals surface area contributed by atoms with Crippen molar-refractivity contribution in [2.75, 3.05) is 0 Å². The molecule has 221 valence electrons. The van der Waals surface area contributed by atoms with Crippen molar-refractivity contribution in [2.45, 2.75) is 85.1 Å². The van der Waals surface area contributed by atoms with E-state index in [9.17, 15) is 0 Å². The Balaban J connectivity index is 0.00000242. The summed E-state index contributed by atoms with van der Waals surface area (Å²) in [5, 5.41) is 3.14. The van der Waals surface area contributed by atoms with Gasteiger partial charge in [0.1, 0.15) is 0 Å².